The van der Waals surface area contributed by atoms with Crippen molar-refractivity contribution in [3.05, 3.63) is 42.8 Å². The van der Waals surface area contributed by atoms with Crippen molar-refractivity contribution < 1.29 is 39.5 Å². The van der Waals surface area contributed by atoms with Gasteiger partial charge in [0.1, 0.15) is 0 Å². The van der Waals surface area contributed by atoms with Gasteiger partial charge in [-0.15, -0.1) is 0 Å². The van der Waals surface area contributed by atoms with Gasteiger partial charge in [-0.05, 0) is 17.5 Å². The Labute approximate surface area is 115 Å². The van der Waals surface area contributed by atoms with Crippen LogP contribution in [0, 0.1) is 6.92 Å². The van der Waals surface area contributed by atoms with Gasteiger partial charge in [-0.2, -0.15) is 6.42 Å². The summed E-state index contributed by atoms with van der Waals surface area (Å²) in [5.74, 6) is -0.879. The molecule has 0 atom stereocenters. The normalized spacial score (nSPS) is 7.86. The summed E-state index contributed by atoms with van der Waals surface area (Å²) in [6, 6.07) is 8.30. The molecule has 2 nitrogen and oxygen atoms in total. The number of benzene rings is 1. The average molecular weight is 267 g/mol. The van der Waals surface area contributed by atoms with Gasteiger partial charge in [-0.3, -0.25) is 0 Å². The zero-order valence-corrected chi connectivity index (χ0v) is 11.8. The molecule has 4 heteroatoms. The van der Waals surface area contributed by atoms with Crippen LogP contribution in [0.2, 0.25) is 0 Å². The van der Waals surface area contributed by atoms with Gasteiger partial charge < -0.3 is 12.0 Å². The first-order chi connectivity index (χ1) is 6.22. The third kappa shape index (κ3) is 8.75. The molecule has 72 valence electrons. The SMILES string of the molecule is O=C(O)c1ccccc1.[CH2-]CCBr.[Na+]. The van der Waals surface area contributed by atoms with Gasteiger partial charge in [0, 0.05) is 0 Å². The molecule has 0 unspecified atom stereocenters. The zero-order valence-electron chi connectivity index (χ0n) is 8.24. The second-order valence-corrected chi connectivity index (χ2v) is 3.01. The largest absolute Gasteiger partial charge is 1.00 e. The Hall–Kier alpha value is 0.170. The Morgan fingerprint density at radius 3 is 2.00 bits per heavy atom. The van der Waals surface area contributed by atoms with Crippen LogP contribution in [0.25, 0.3) is 0 Å². The molecule has 0 radical (unpaired) electrons. The molecule has 1 aromatic carbocycles. The second-order valence-electron chi connectivity index (χ2n) is 2.21. The zero-order chi connectivity index (χ0) is 10.1. The number of carbonyl (C=O) groups is 1. The molecule has 0 bridgehead atoms. The molecule has 0 saturated carbocycles. The monoisotopic (exact) mass is 266 g/mol. The van der Waals surface area contributed by atoms with Crippen molar-refractivity contribution in [3.8, 4) is 0 Å². The minimum Gasteiger partial charge on any atom is -0.478 e. The maximum Gasteiger partial charge on any atom is 1.00 e. The standard InChI is InChI=1S/C7H6O2.C3H6Br.Na/c8-7(9)6-4-2-1-3-5-6;1-2-3-4;/h1-5H,(H,8,9);1-3H2;/q;-1;+1. The van der Waals surface area contributed by atoms with Crippen molar-refractivity contribution >= 4 is 21.9 Å². The van der Waals surface area contributed by atoms with E-state index in [1.807, 2.05) is 0 Å². The summed E-state index contributed by atoms with van der Waals surface area (Å²) >= 11 is 3.19. The van der Waals surface area contributed by atoms with Crippen LogP contribution in [0.5, 0.6) is 0 Å². The number of aromatic carboxylic acids is 1. The van der Waals surface area contributed by atoms with E-state index in [-0.39, 0.29) is 29.6 Å². The topological polar surface area (TPSA) is 37.3 Å². The summed E-state index contributed by atoms with van der Waals surface area (Å²) in [6.45, 7) is 3.56. The minimum atomic E-state index is -0.879. The van der Waals surface area contributed by atoms with E-state index >= 15 is 0 Å². The van der Waals surface area contributed by atoms with E-state index in [0.29, 0.717) is 5.56 Å². The molecule has 0 amide bonds. The van der Waals surface area contributed by atoms with Gasteiger partial charge >= 0.3 is 35.5 Å². The number of halogens is 1. The van der Waals surface area contributed by atoms with Crippen LogP contribution in [0.1, 0.15) is 16.8 Å². The van der Waals surface area contributed by atoms with Crippen LogP contribution in [-0.4, -0.2) is 16.4 Å². The number of hydrogen-bond acceptors (Lipinski definition) is 1. The fraction of sp³-hybridized carbons (Fsp3) is 0.200. The maximum absolute atomic E-state index is 10.2. The molecular formula is C10H12BrNaO2. The molecule has 1 N–H and O–H groups in total. The molecule has 0 heterocycles. The van der Waals surface area contributed by atoms with Gasteiger partial charge in [0.25, 0.3) is 0 Å². The van der Waals surface area contributed by atoms with Gasteiger partial charge in [-0.1, -0.05) is 34.1 Å². The van der Waals surface area contributed by atoms with Crippen LogP contribution in [-0.2, 0) is 0 Å². The van der Waals surface area contributed by atoms with E-state index in [9.17, 15) is 4.79 Å². The average Bonchev–Trinajstić information content (AvgIpc) is 2.19. The molecule has 0 fully saturated rings. The fourth-order valence-electron chi connectivity index (χ4n) is 0.581. The summed E-state index contributed by atoms with van der Waals surface area (Å²) in [6.07, 6.45) is 0.986. The van der Waals surface area contributed by atoms with Crippen molar-refractivity contribution in [2.75, 3.05) is 5.33 Å². The molecule has 1 rings (SSSR count). The van der Waals surface area contributed by atoms with Gasteiger partial charge in [0.15, 0.2) is 0 Å². The minimum absolute atomic E-state index is 0. The Balaban J connectivity index is 0. The van der Waals surface area contributed by atoms with Crippen molar-refractivity contribution in [1.82, 2.24) is 0 Å². The molecule has 0 aliphatic rings. The smallest absolute Gasteiger partial charge is 0.478 e. The molecule has 0 aliphatic heterocycles. The third-order valence-corrected chi connectivity index (χ3v) is 1.72. The molecular weight excluding hydrogens is 255 g/mol. The third-order valence-electron chi connectivity index (χ3n) is 1.15. The van der Waals surface area contributed by atoms with Crippen molar-refractivity contribution in [1.29, 1.82) is 0 Å². The fourth-order valence-corrected chi connectivity index (χ4v) is 0.581. The first kappa shape index (κ1) is 16.6. The number of rotatable bonds is 2. The summed E-state index contributed by atoms with van der Waals surface area (Å²) in [5.41, 5.74) is 0.331. The van der Waals surface area contributed by atoms with E-state index in [2.05, 4.69) is 22.9 Å². The van der Waals surface area contributed by atoms with E-state index in [0.717, 1.165) is 11.8 Å². The summed E-state index contributed by atoms with van der Waals surface area (Å²) in [4.78, 5) is 10.2. The maximum atomic E-state index is 10.2. The molecule has 1 aromatic rings. The molecule has 0 spiro atoms. The Morgan fingerprint density at radius 2 is 1.79 bits per heavy atom. The van der Waals surface area contributed by atoms with Gasteiger partial charge in [0.05, 0.1) is 5.56 Å². The van der Waals surface area contributed by atoms with Crippen LogP contribution >= 0.6 is 15.9 Å². The van der Waals surface area contributed by atoms with Crippen LogP contribution in [0.15, 0.2) is 30.3 Å². The molecule has 14 heavy (non-hydrogen) atoms. The van der Waals surface area contributed by atoms with Crippen LogP contribution in [0.4, 0.5) is 0 Å². The second kappa shape index (κ2) is 11.2. The Kier molecular flexibility index (Phi) is 13.3. The number of carboxylic acid groups (broad SMARTS) is 1. The van der Waals surface area contributed by atoms with Crippen molar-refractivity contribution in [2.24, 2.45) is 0 Å². The summed E-state index contributed by atoms with van der Waals surface area (Å²) < 4.78 is 0. The Bertz CT molecular complexity index is 237. The predicted octanol–water partition coefficient (Wildman–Crippen LogP) is -0.00571. The van der Waals surface area contributed by atoms with Crippen molar-refractivity contribution in [2.45, 2.75) is 6.42 Å². The number of carboxylic acids is 1. The number of hydrogen-bond donors (Lipinski definition) is 1. The summed E-state index contributed by atoms with van der Waals surface area (Å²) in [7, 11) is 0. The van der Waals surface area contributed by atoms with Crippen molar-refractivity contribution in [3.63, 3.8) is 0 Å². The van der Waals surface area contributed by atoms with E-state index in [1.54, 1.807) is 30.3 Å². The number of alkyl halides is 1. The van der Waals surface area contributed by atoms with Gasteiger partial charge in [-0.25, -0.2) is 4.79 Å². The first-order valence-electron chi connectivity index (χ1n) is 3.86. The van der Waals surface area contributed by atoms with E-state index < -0.39 is 5.97 Å². The van der Waals surface area contributed by atoms with E-state index in [1.165, 1.54) is 0 Å². The summed E-state index contributed by atoms with van der Waals surface area (Å²) in [5, 5.41) is 9.41. The van der Waals surface area contributed by atoms with Gasteiger partial charge in [0.2, 0.25) is 0 Å². The first-order valence-corrected chi connectivity index (χ1v) is 4.98. The molecule has 0 aliphatic carbocycles. The molecule has 0 aromatic heterocycles. The Morgan fingerprint density at radius 1 is 1.36 bits per heavy atom. The van der Waals surface area contributed by atoms with Crippen LogP contribution in [0.3, 0.4) is 0 Å². The molecule has 0 saturated heterocycles. The quantitative estimate of drug-likeness (QED) is 0.465. The van der Waals surface area contributed by atoms with Crippen LogP contribution < -0.4 is 29.6 Å². The van der Waals surface area contributed by atoms with E-state index in [4.69, 9.17) is 5.11 Å². The predicted molar refractivity (Wildman–Crippen MR) is 57.2 cm³/mol.